The predicted octanol–water partition coefficient (Wildman–Crippen LogP) is 2.97. The lowest BCUT2D eigenvalue weighted by Crippen LogP contribution is -2.58. The Balaban J connectivity index is 1.50. The maximum atomic E-state index is 13.9. The minimum absolute atomic E-state index is 0.0234. The Morgan fingerprint density at radius 2 is 1.60 bits per heavy atom. The molecule has 1 aliphatic rings. The van der Waals surface area contributed by atoms with Crippen LogP contribution in [0.3, 0.4) is 0 Å². The van der Waals surface area contributed by atoms with Crippen LogP contribution in [0.1, 0.15) is 53.7 Å². The molecule has 1 aliphatic heterocycles. The maximum absolute atomic E-state index is 13.9. The smallest absolute Gasteiger partial charge is 0.332 e. The molecule has 2 N–H and O–H groups in total. The first-order valence-electron chi connectivity index (χ1n) is 16.0. The highest BCUT2D eigenvalue weighted by atomic mass is 32.1. The molecule has 1 aromatic heterocycles. The third-order valence-electron chi connectivity index (χ3n) is 7.48. The number of aryl methyl sites for hydroxylation is 1. The number of rotatable bonds is 15. The lowest BCUT2D eigenvalue weighted by molar-refractivity contribution is -0.160. The van der Waals surface area contributed by atoms with Gasteiger partial charge in [-0.3, -0.25) is 14.4 Å². The van der Waals surface area contributed by atoms with E-state index < -0.39 is 47.0 Å². The Bertz CT molecular complexity index is 1380. The van der Waals surface area contributed by atoms with Gasteiger partial charge in [0.05, 0.1) is 48.6 Å². The van der Waals surface area contributed by atoms with E-state index in [9.17, 15) is 24.3 Å². The fourth-order valence-electron chi connectivity index (χ4n) is 5.10. The number of thiazole rings is 1. The number of benzene rings is 1. The number of hydrogen-bond donors (Lipinski definition) is 2. The molecule has 3 amide bonds. The van der Waals surface area contributed by atoms with Crippen molar-refractivity contribution < 1.29 is 43.2 Å². The number of nitrogens with zero attached hydrogens (tertiary/aromatic N) is 3. The molecule has 1 saturated heterocycles. The minimum Gasteiger partial charge on any atom is -0.458 e. The Morgan fingerprint density at radius 3 is 2.17 bits per heavy atom. The van der Waals surface area contributed by atoms with Gasteiger partial charge in [-0.25, -0.2) is 9.78 Å². The number of nitrogens with one attached hydrogen (secondary N) is 1. The normalized spacial score (nSPS) is 17.2. The van der Waals surface area contributed by atoms with Crippen LogP contribution >= 0.6 is 11.3 Å². The summed E-state index contributed by atoms with van der Waals surface area (Å²) >= 11 is 1.54. The van der Waals surface area contributed by atoms with Gasteiger partial charge in [-0.2, -0.15) is 0 Å². The summed E-state index contributed by atoms with van der Waals surface area (Å²) in [6, 6.07) is 5.66. The number of esters is 1. The summed E-state index contributed by atoms with van der Waals surface area (Å²) < 4.78 is 21.2. The van der Waals surface area contributed by atoms with Crippen LogP contribution in [0.15, 0.2) is 29.8 Å². The van der Waals surface area contributed by atoms with Crippen LogP contribution in [0.2, 0.25) is 0 Å². The summed E-state index contributed by atoms with van der Waals surface area (Å²) in [5, 5.41) is 13.3. The lowest BCUT2D eigenvalue weighted by Gasteiger charge is -2.36. The number of aliphatic hydroxyl groups excluding tert-OH is 1. The number of β-amino-alcohol motifs (C(OH)–C–C–N with tert-alkyl or cyclic N) is 1. The van der Waals surface area contributed by atoms with Gasteiger partial charge >= 0.3 is 5.97 Å². The van der Waals surface area contributed by atoms with Gasteiger partial charge in [-0.05, 0) is 50.8 Å². The van der Waals surface area contributed by atoms with Crippen molar-refractivity contribution in [3.8, 4) is 10.4 Å². The largest absolute Gasteiger partial charge is 0.458 e. The Morgan fingerprint density at radius 1 is 1.00 bits per heavy atom. The van der Waals surface area contributed by atoms with Gasteiger partial charge in [-0.15, -0.1) is 11.3 Å². The van der Waals surface area contributed by atoms with E-state index in [0.717, 1.165) is 16.1 Å². The summed E-state index contributed by atoms with van der Waals surface area (Å²) in [5.41, 5.74) is 3.09. The van der Waals surface area contributed by atoms with Gasteiger partial charge in [0.2, 0.25) is 17.7 Å². The van der Waals surface area contributed by atoms with E-state index in [2.05, 4.69) is 10.3 Å². The SMILES string of the molecule is Cc1ncsc1-c1ccc(N(C)C(=O)[C@@H]2C[C@@H](O)CN2C(=O)[C@@H](NC(=O)COCCOCCOCC(=O)OC(C)(C)C)C(C)(C)C)cc1. The van der Waals surface area contributed by atoms with Gasteiger partial charge in [-0.1, -0.05) is 32.9 Å². The van der Waals surface area contributed by atoms with Crippen molar-refractivity contribution in [1.29, 1.82) is 0 Å². The molecule has 266 valence electrons. The molecule has 1 fully saturated rings. The summed E-state index contributed by atoms with van der Waals surface area (Å²) in [7, 11) is 1.64. The van der Waals surface area contributed by atoms with Crippen LogP contribution in [-0.2, 0) is 38.1 Å². The Labute approximate surface area is 286 Å². The van der Waals surface area contributed by atoms with Crippen LogP contribution in [0, 0.1) is 12.3 Å². The summed E-state index contributed by atoms with van der Waals surface area (Å²) in [6.07, 6.45) is -0.789. The first kappa shape index (κ1) is 39.0. The molecule has 3 atom stereocenters. The fourth-order valence-corrected chi connectivity index (χ4v) is 5.92. The van der Waals surface area contributed by atoms with Crippen LogP contribution in [0.5, 0.6) is 0 Å². The molecule has 2 aromatic rings. The zero-order valence-electron chi connectivity index (χ0n) is 29.2. The van der Waals surface area contributed by atoms with Crippen molar-refractivity contribution in [2.45, 2.75) is 78.7 Å². The van der Waals surface area contributed by atoms with Crippen molar-refractivity contribution >= 4 is 40.7 Å². The van der Waals surface area contributed by atoms with Crippen molar-refractivity contribution in [1.82, 2.24) is 15.2 Å². The number of likely N-dealkylation sites (N-methyl/N-ethyl adjacent to an activating group) is 1. The van der Waals surface area contributed by atoms with E-state index in [1.165, 1.54) is 9.80 Å². The number of ether oxygens (including phenoxy) is 4. The quantitative estimate of drug-likeness (QED) is 0.210. The third kappa shape index (κ3) is 11.6. The van der Waals surface area contributed by atoms with Crippen molar-refractivity contribution in [3.05, 3.63) is 35.5 Å². The molecule has 13 nitrogen and oxygen atoms in total. The van der Waals surface area contributed by atoms with Crippen molar-refractivity contribution in [2.75, 3.05) is 58.1 Å². The molecule has 0 radical (unpaired) electrons. The molecule has 1 aromatic carbocycles. The van der Waals surface area contributed by atoms with Crippen molar-refractivity contribution in [3.63, 3.8) is 0 Å². The maximum Gasteiger partial charge on any atom is 0.332 e. The molecule has 0 aliphatic carbocycles. The highest BCUT2D eigenvalue weighted by molar-refractivity contribution is 7.13. The molecule has 14 heteroatoms. The molecule has 0 spiro atoms. The van der Waals surface area contributed by atoms with Gasteiger partial charge in [0.15, 0.2) is 0 Å². The van der Waals surface area contributed by atoms with Crippen LogP contribution < -0.4 is 10.2 Å². The Kier molecular flexibility index (Phi) is 14.1. The topological polar surface area (TPSA) is 157 Å². The minimum atomic E-state index is -0.972. The number of aromatic nitrogens is 1. The molecular formula is C34H50N4O9S. The zero-order chi connectivity index (χ0) is 35.6. The van der Waals surface area contributed by atoms with Gasteiger partial charge in [0.1, 0.15) is 30.9 Å². The fraction of sp³-hybridized carbons (Fsp3) is 0.618. The summed E-state index contributed by atoms with van der Waals surface area (Å²) in [5.74, 6) is -1.74. The molecule has 0 unspecified atom stereocenters. The molecule has 0 saturated carbocycles. The first-order valence-corrected chi connectivity index (χ1v) is 16.9. The first-order chi connectivity index (χ1) is 22.5. The number of carbonyl (C=O) groups is 4. The van der Waals surface area contributed by atoms with E-state index in [-0.39, 0.29) is 58.5 Å². The molecule has 0 bridgehead atoms. The zero-order valence-corrected chi connectivity index (χ0v) is 30.1. The Hall–Kier alpha value is -3.43. The van der Waals surface area contributed by atoms with Crippen LogP contribution in [-0.4, -0.2) is 116 Å². The van der Waals surface area contributed by atoms with E-state index >= 15 is 0 Å². The second-order valence-electron chi connectivity index (χ2n) is 13.8. The molecule has 2 heterocycles. The molecule has 3 rings (SSSR count). The summed E-state index contributed by atoms with van der Waals surface area (Å²) in [6.45, 7) is 13.0. The number of carbonyl (C=O) groups excluding carboxylic acids is 4. The third-order valence-corrected chi connectivity index (χ3v) is 8.45. The second-order valence-corrected chi connectivity index (χ2v) is 14.6. The lowest BCUT2D eigenvalue weighted by atomic mass is 9.85. The van der Waals surface area contributed by atoms with E-state index in [1.54, 1.807) is 44.7 Å². The predicted molar refractivity (Wildman–Crippen MR) is 182 cm³/mol. The van der Waals surface area contributed by atoms with Gasteiger partial charge in [0.25, 0.3) is 0 Å². The van der Waals surface area contributed by atoms with E-state index in [4.69, 9.17) is 18.9 Å². The average molecular weight is 691 g/mol. The average Bonchev–Trinajstić information content (AvgIpc) is 3.61. The van der Waals surface area contributed by atoms with E-state index in [1.807, 2.05) is 52.0 Å². The second kappa shape index (κ2) is 17.3. The van der Waals surface area contributed by atoms with E-state index in [0.29, 0.717) is 5.69 Å². The number of anilines is 1. The van der Waals surface area contributed by atoms with Crippen molar-refractivity contribution in [2.24, 2.45) is 5.41 Å². The highest BCUT2D eigenvalue weighted by Crippen LogP contribution is 2.31. The molecule has 48 heavy (non-hydrogen) atoms. The monoisotopic (exact) mass is 690 g/mol. The molecular weight excluding hydrogens is 640 g/mol. The standard InChI is InChI=1S/C34H50N4O9S/c1-22-29(48-21-35-22)23-9-11-24(12-10-23)37(8)31(42)26-17-25(39)18-38(26)32(43)30(33(2,3)4)36-27(40)19-45-15-13-44-14-16-46-20-28(41)47-34(5,6)7/h9-12,21,25-26,30,39H,13-20H2,1-8H3,(H,36,40)/t25-,26+,30-/m1/s1. The number of amides is 3. The summed E-state index contributed by atoms with van der Waals surface area (Å²) in [4.78, 5) is 60.3. The van der Waals surface area contributed by atoms with Crippen LogP contribution in [0.4, 0.5) is 5.69 Å². The van der Waals surface area contributed by atoms with Crippen LogP contribution in [0.25, 0.3) is 10.4 Å². The number of hydrogen-bond acceptors (Lipinski definition) is 11. The number of likely N-dealkylation sites (tertiary alicyclic amines) is 1. The number of aliphatic hydroxyl groups is 1. The van der Waals surface area contributed by atoms with Gasteiger partial charge in [0, 0.05) is 25.7 Å². The highest BCUT2D eigenvalue weighted by Gasteiger charge is 2.45. The van der Waals surface area contributed by atoms with Gasteiger partial charge < -0.3 is 39.2 Å².